The van der Waals surface area contributed by atoms with Gasteiger partial charge in [-0.05, 0) is 13.8 Å². The SMILES string of the molecule is CC1(C)CN(P(=O)(O)S)C(=O)O1. The zero-order valence-electron chi connectivity index (χ0n) is 6.72. The monoisotopic (exact) mass is 211 g/mol. The third kappa shape index (κ3) is 1.94. The van der Waals surface area contributed by atoms with Gasteiger partial charge in [-0.1, -0.05) is 12.2 Å². The van der Waals surface area contributed by atoms with Crippen molar-refractivity contribution < 1.29 is 19.0 Å². The van der Waals surface area contributed by atoms with Gasteiger partial charge in [-0.15, -0.1) is 0 Å². The van der Waals surface area contributed by atoms with E-state index in [4.69, 9.17) is 9.63 Å². The maximum Gasteiger partial charge on any atom is 0.418 e. The van der Waals surface area contributed by atoms with Gasteiger partial charge in [0.1, 0.15) is 5.60 Å². The standard InChI is InChI=1S/C5H10NO4PS/c1-5(2)3-6(4(7)10-5)11(8,9)12/h3H2,1-2H3,(H2,8,9,12). The van der Waals surface area contributed by atoms with E-state index in [1.54, 1.807) is 13.8 Å². The van der Waals surface area contributed by atoms with Crippen LogP contribution in [0, 0.1) is 0 Å². The molecule has 1 atom stereocenters. The first-order chi connectivity index (χ1) is 5.22. The summed E-state index contributed by atoms with van der Waals surface area (Å²) in [6.45, 7) is -0.388. The topological polar surface area (TPSA) is 66.8 Å². The molecule has 0 aromatic carbocycles. The summed E-state index contributed by atoms with van der Waals surface area (Å²) in [5, 5.41) is 0. The van der Waals surface area contributed by atoms with Gasteiger partial charge in [-0.2, -0.15) is 0 Å². The Bertz CT molecular complexity index is 260. The Kier molecular flexibility index (Phi) is 2.19. The molecule has 0 saturated carbocycles. The van der Waals surface area contributed by atoms with E-state index in [1.807, 2.05) is 0 Å². The largest absolute Gasteiger partial charge is 0.441 e. The average molecular weight is 211 g/mol. The van der Waals surface area contributed by atoms with Crippen molar-refractivity contribution in [2.75, 3.05) is 6.54 Å². The third-order valence-corrected chi connectivity index (χ3v) is 3.00. The summed E-state index contributed by atoms with van der Waals surface area (Å²) in [6, 6.07) is 0. The van der Waals surface area contributed by atoms with Crippen molar-refractivity contribution in [3.8, 4) is 0 Å². The van der Waals surface area contributed by atoms with Gasteiger partial charge in [-0.25, -0.2) is 9.46 Å². The van der Waals surface area contributed by atoms with Crippen molar-refractivity contribution in [1.82, 2.24) is 4.67 Å². The van der Waals surface area contributed by atoms with Gasteiger partial charge in [0.15, 0.2) is 0 Å². The Balaban J connectivity index is 2.85. The number of hydrogen-bond acceptors (Lipinski definition) is 3. The molecule has 1 aliphatic heterocycles. The Morgan fingerprint density at radius 1 is 1.75 bits per heavy atom. The lowest BCUT2D eigenvalue weighted by Gasteiger charge is -2.16. The minimum atomic E-state index is -3.80. The zero-order valence-corrected chi connectivity index (χ0v) is 8.51. The summed E-state index contributed by atoms with van der Waals surface area (Å²) < 4.78 is 16.5. The van der Waals surface area contributed by atoms with Crippen LogP contribution in [0.15, 0.2) is 0 Å². The highest BCUT2D eigenvalue weighted by Gasteiger charge is 2.44. The number of carbonyl (C=O) groups is 1. The fraction of sp³-hybridized carbons (Fsp3) is 0.800. The molecule has 7 heteroatoms. The molecule has 1 N–H and O–H groups in total. The highest BCUT2D eigenvalue weighted by atomic mass is 32.7. The number of amides is 1. The Morgan fingerprint density at radius 3 is 2.42 bits per heavy atom. The highest BCUT2D eigenvalue weighted by Crippen LogP contribution is 2.52. The van der Waals surface area contributed by atoms with Gasteiger partial charge in [0, 0.05) is 0 Å². The molecule has 1 heterocycles. The molecule has 1 fully saturated rings. The molecule has 1 saturated heterocycles. The molecule has 0 aromatic heterocycles. The molecule has 1 amide bonds. The van der Waals surface area contributed by atoms with Gasteiger partial charge < -0.3 is 9.63 Å². The molecule has 12 heavy (non-hydrogen) atoms. The Labute approximate surface area is 75.4 Å². The molecule has 0 aliphatic carbocycles. The van der Waals surface area contributed by atoms with E-state index in [0.29, 0.717) is 0 Å². The number of hydrogen-bond donors (Lipinski definition) is 2. The lowest BCUT2D eigenvalue weighted by molar-refractivity contribution is 0.0865. The number of rotatable bonds is 1. The number of ether oxygens (including phenoxy) is 1. The predicted octanol–water partition coefficient (Wildman–Crippen LogP) is 1.25. The molecular formula is C5H10NO4PS. The number of thiol groups is 1. The second-order valence-electron chi connectivity index (χ2n) is 3.20. The second-order valence-corrected chi connectivity index (χ2v) is 6.27. The molecule has 0 aromatic rings. The van der Waals surface area contributed by atoms with Crippen molar-refractivity contribution >= 4 is 25.1 Å². The molecule has 0 spiro atoms. The average Bonchev–Trinajstić information content (AvgIpc) is 2.03. The van der Waals surface area contributed by atoms with Crippen molar-refractivity contribution in [1.29, 1.82) is 0 Å². The van der Waals surface area contributed by atoms with Crippen LogP contribution in [0.3, 0.4) is 0 Å². The second kappa shape index (κ2) is 2.65. The van der Waals surface area contributed by atoms with E-state index < -0.39 is 18.4 Å². The van der Waals surface area contributed by atoms with Gasteiger partial charge in [0.25, 0.3) is 0 Å². The highest BCUT2D eigenvalue weighted by molar-refractivity contribution is 8.45. The maximum atomic E-state index is 11.0. The number of cyclic esters (lactones) is 1. The third-order valence-electron chi connectivity index (χ3n) is 1.42. The summed E-state index contributed by atoms with van der Waals surface area (Å²) in [5.41, 5.74) is -0.710. The molecule has 1 unspecified atom stereocenters. The van der Waals surface area contributed by atoms with E-state index in [0.717, 1.165) is 4.67 Å². The Morgan fingerprint density at radius 2 is 2.25 bits per heavy atom. The summed E-state index contributed by atoms with van der Waals surface area (Å²) >= 11 is 3.42. The first kappa shape index (κ1) is 9.89. The minimum Gasteiger partial charge on any atom is -0.441 e. The van der Waals surface area contributed by atoms with Gasteiger partial charge >= 0.3 is 12.8 Å². The normalized spacial score (nSPS) is 26.7. The molecular weight excluding hydrogens is 201 g/mol. The fourth-order valence-corrected chi connectivity index (χ4v) is 2.13. The number of carbonyl (C=O) groups excluding carboxylic acids is 1. The van der Waals surface area contributed by atoms with Crippen LogP contribution in [0.1, 0.15) is 13.8 Å². The summed E-state index contributed by atoms with van der Waals surface area (Å²) in [4.78, 5) is 19.9. The maximum absolute atomic E-state index is 11.0. The Hall–Kier alpha value is -0.190. The van der Waals surface area contributed by atoms with E-state index >= 15 is 0 Å². The first-order valence-electron chi connectivity index (χ1n) is 3.29. The molecule has 1 aliphatic rings. The first-order valence-corrected chi connectivity index (χ1v) is 6.05. The molecule has 1 rings (SSSR count). The van der Waals surface area contributed by atoms with E-state index in [-0.39, 0.29) is 6.54 Å². The predicted molar refractivity (Wildman–Crippen MR) is 46.1 cm³/mol. The van der Waals surface area contributed by atoms with E-state index in [2.05, 4.69) is 12.2 Å². The van der Waals surface area contributed by atoms with Gasteiger partial charge in [0.05, 0.1) is 6.54 Å². The molecule has 0 bridgehead atoms. The van der Waals surface area contributed by atoms with Crippen LogP contribution >= 0.6 is 19.0 Å². The van der Waals surface area contributed by atoms with Crippen LogP contribution in [0.5, 0.6) is 0 Å². The summed E-state index contributed by atoms with van der Waals surface area (Å²) in [6.07, 6.45) is -0.791. The lowest BCUT2D eigenvalue weighted by Crippen LogP contribution is -2.25. The van der Waals surface area contributed by atoms with Crippen LogP contribution in [0.25, 0.3) is 0 Å². The van der Waals surface area contributed by atoms with Gasteiger partial charge in [-0.3, -0.25) is 4.57 Å². The van der Waals surface area contributed by atoms with Crippen LogP contribution in [-0.4, -0.2) is 27.8 Å². The molecule has 0 radical (unpaired) electrons. The summed E-state index contributed by atoms with van der Waals surface area (Å²) in [5.74, 6) is 0. The minimum absolute atomic E-state index is 0.0864. The quantitative estimate of drug-likeness (QED) is 0.506. The summed E-state index contributed by atoms with van der Waals surface area (Å²) in [7, 11) is 0. The molecule has 5 nitrogen and oxygen atoms in total. The van der Waals surface area contributed by atoms with E-state index in [9.17, 15) is 9.36 Å². The van der Waals surface area contributed by atoms with Crippen LogP contribution < -0.4 is 0 Å². The molecule has 70 valence electrons. The van der Waals surface area contributed by atoms with Gasteiger partial charge in [0.2, 0.25) is 0 Å². The van der Waals surface area contributed by atoms with Crippen molar-refractivity contribution in [2.24, 2.45) is 0 Å². The van der Waals surface area contributed by atoms with Crippen LogP contribution in [0.2, 0.25) is 0 Å². The van der Waals surface area contributed by atoms with Crippen molar-refractivity contribution in [3.05, 3.63) is 0 Å². The van der Waals surface area contributed by atoms with Crippen LogP contribution in [0.4, 0.5) is 4.79 Å². The zero-order chi connectivity index (χ0) is 9.57. The van der Waals surface area contributed by atoms with Crippen molar-refractivity contribution in [2.45, 2.75) is 19.4 Å². The number of nitrogens with zero attached hydrogens (tertiary/aromatic N) is 1. The lowest BCUT2D eigenvalue weighted by atomic mass is 10.1. The smallest absolute Gasteiger partial charge is 0.418 e. The van der Waals surface area contributed by atoms with E-state index in [1.165, 1.54) is 0 Å². The van der Waals surface area contributed by atoms with Crippen molar-refractivity contribution in [3.63, 3.8) is 0 Å². The fourth-order valence-electron chi connectivity index (χ4n) is 0.945. The van der Waals surface area contributed by atoms with Crippen LogP contribution in [-0.2, 0) is 9.30 Å².